The number of aliphatic carboxylic acids is 1. The minimum absolute atomic E-state index is 0.0806. The van der Waals surface area contributed by atoms with Gasteiger partial charge in [0, 0.05) is 0 Å². The van der Waals surface area contributed by atoms with Crippen molar-refractivity contribution in [1.29, 1.82) is 0 Å². The van der Waals surface area contributed by atoms with Gasteiger partial charge in [0.15, 0.2) is 0 Å². The molecular formula is C26H48O3. The predicted molar refractivity (Wildman–Crippen MR) is 125 cm³/mol. The Bertz CT molecular complexity index is 494. The Labute approximate surface area is 180 Å². The van der Waals surface area contributed by atoms with E-state index in [9.17, 15) is 9.90 Å². The molecule has 0 aromatic carbocycles. The van der Waals surface area contributed by atoms with E-state index in [1.54, 1.807) is 12.5 Å². The predicted octanol–water partition coefficient (Wildman–Crippen LogP) is 7.26. The molecule has 170 valence electrons. The van der Waals surface area contributed by atoms with Crippen LogP contribution in [0.5, 0.6) is 0 Å². The average Bonchev–Trinajstić information content (AvgIpc) is 2.72. The summed E-state index contributed by atoms with van der Waals surface area (Å²) in [7, 11) is 0. The van der Waals surface area contributed by atoms with Crippen molar-refractivity contribution in [3.8, 4) is 0 Å². The summed E-state index contributed by atoms with van der Waals surface area (Å²) in [6, 6.07) is 0. The molecule has 2 unspecified atom stereocenters. The molecule has 0 radical (unpaired) electrons. The average molecular weight is 409 g/mol. The summed E-state index contributed by atoms with van der Waals surface area (Å²) < 4.78 is 0. The number of aliphatic hydroxyl groups is 1. The van der Waals surface area contributed by atoms with Gasteiger partial charge in [-0.1, -0.05) is 79.5 Å². The Hall–Kier alpha value is -1.09. The number of hydrogen-bond acceptors (Lipinski definition) is 2. The van der Waals surface area contributed by atoms with Gasteiger partial charge < -0.3 is 10.2 Å². The number of allylic oxidation sites excluding steroid dienone is 4. The summed E-state index contributed by atoms with van der Waals surface area (Å²) in [4.78, 5) is 9.93. The molecule has 3 nitrogen and oxygen atoms in total. The van der Waals surface area contributed by atoms with Crippen LogP contribution >= 0.6 is 0 Å². The SMILES string of the molecule is CC.CCCC[C@@H](O)CCC1C2CC[C@@H](C)C=C2C=C[C@@H]1C.CC[C@H](C)C(=O)O. The smallest absolute Gasteiger partial charge is 0.306 e. The molecule has 0 aromatic heterocycles. The summed E-state index contributed by atoms with van der Waals surface area (Å²) in [6.45, 7) is 14.4. The van der Waals surface area contributed by atoms with E-state index in [4.69, 9.17) is 5.11 Å². The van der Waals surface area contributed by atoms with E-state index in [1.807, 2.05) is 20.8 Å². The minimum atomic E-state index is -0.706. The fourth-order valence-electron chi connectivity index (χ4n) is 4.16. The van der Waals surface area contributed by atoms with Crippen molar-refractivity contribution in [2.45, 2.75) is 106 Å². The molecule has 0 saturated heterocycles. The molecule has 2 N–H and O–H groups in total. The van der Waals surface area contributed by atoms with Gasteiger partial charge in [-0.3, -0.25) is 4.79 Å². The lowest BCUT2D eigenvalue weighted by Crippen LogP contribution is -2.29. The number of carboxylic acids is 1. The van der Waals surface area contributed by atoms with E-state index >= 15 is 0 Å². The molecule has 2 aliphatic carbocycles. The second-order valence-corrected chi connectivity index (χ2v) is 8.73. The first kappa shape index (κ1) is 27.9. The fraction of sp³-hybridized carbons (Fsp3) is 0.808. The third kappa shape index (κ3) is 10.5. The molecule has 0 heterocycles. The molecule has 0 saturated carbocycles. The third-order valence-corrected chi connectivity index (χ3v) is 6.38. The van der Waals surface area contributed by atoms with Crippen LogP contribution in [0.25, 0.3) is 0 Å². The van der Waals surface area contributed by atoms with Crippen LogP contribution in [0.4, 0.5) is 0 Å². The third-order valence-electron chi connectivity index (χ3n) is 6.38. The molecule has 2 aliphatic rings. The Balaban J connectivity index is 0.000000740. The standard InChI is InChI=1S/C19H32O.C5H10O2.C2H6/c1-4-5-6-17(20)10-12-18-15(3)8-9-16-13-14(2)7-11-19(16)18;1-3-4(2)5(6)7;1-2/h8-9,13-15,17-20H,4-7,10-12H2,1-3H3;4H,3H2,1-2H3,(H,6,7);1-2H3/t14-,15+,17-,18?,19?;4-;/m10./s1. The van der Waals surface area contributed by atoms with Crippen LogP contribution in [0, 0.1) is 29.6 Å². The maximum absolute atomic E-state index is 10.1. The van der Waals surface area contributed by atoms with Crippen molar-refractivity contribution in [3.05, 3.63) is 23.8 Å². The molecule has 0 fully saturated rings. The lowest BCUT2D eigenvalue weighted by atomic mass is 9.66. The highest BCUT2D eigenvalue weighted by atomic mass is 16.4. The molecule has 0 bridgehead atoms. The van der Waals surface area contributed by atoms with Crippen LogP contribution < -0.4 is 0 Å². The highest BCUT2D eigenvalue weighted by Crippen LogP contribution is 2.43. The van der Waals surface area contributed by atoms with Crippen molar-refractivity contribution < 1.29 is 15.0 Å². The first-order valence-corrected chi connectivity index (χ1v) is 12.1. The number of carbonyl (C=O) groups is 1. The number of fused-ring (bicyclic) bond motifs is 1. The number of rotatable bonds is 8. The minimum Gasteiger partial charge on any atom is -0.481 e. The fourth-order valence-corrected chi connectivity index (χ4v) is 4.16. The Kier molecular flexibility index (Phi) is 15.1. The van der Waals surface area contributed by atoms with E-state index in [0.717, 1.165) is 43.4 Å². The molecule has 0 amide bonds. The van der Waals surface area contributed by atoms with Crippen LogP contribution in [-0.2, 0) is 4.79 Å². The summed E-state index contributed by atoms with van der Waals surface area (Å²) in [5, 5.41) is 18.3. The van der Waals surface area contributed by atoms with E-state index in [-0.39, 0.29) is 12.0 Å². The summed E-state index contributed by atoms with van der Waals surface area (Å²) in [5.74, 6) is 2.03. The van der Waals surface area contributed by atoms with Gasteiger partial charge >= 0.3 is 5.97 Å². The number of unbranched alkanes of at least 4 members (excludes halogenated alkanes) is 1. The normalized spacial score (nSPS) is 27.2. The zero-order valence-electron chi connectivity index (χ0n) is 20.2. The molecule has 29 heavy (non-hydrogen) atoms. The molecule has 0 aromatic rings. The number of aliphatic hydroxyl groups excluding tert-OH is 1. The van der Waals surface area contributed by atoms with Gasteiger partial charge in [-0.15, -0.1) is 0 Å². The lowest BCUT2D eigenvalue weighted by Gasteiger charge is -2.38. The highest BCUT2D eigenvalue weighted by molar-refractivity contribution is 5.69. The first-order valence-electron chi connectivity index (χ1n) is 12.1. The van der Waals surface area contributed by atoms with E-state index in [1.165, 1.54) is 25.7 Å². The molecular weight excluding hydrogens is 360 g/mol. The van der Waals surface area contributed by atoms with Crippen LogP contribution in [0.3, 0.4) is 0 Å². The molecule has 3 heteroatoms. The van der Waals surface area contributed by atoms with Crippen LogP contribution in [0.2, 0.25) is 0 Å². The van der Waals surface area contributed by atoms with Crippen molar-refractivity contribution in [3.63, 3.8) is 0 Å². The number of hydrogen-bond donors (Lipinski definition) is 2. The summed E-state index contributed by atoms with van der Waals surface area (Å²) in [6.07, 6.45) is 16.1. The van der Waals surface area contributed by atoms with Gasteiger partial charge in [0.05, 0.1) is 12.0 Å². The van der Waals surface area contributed by atoms with Crippen molar-refractivity contribution in [2.75, 3.05) is 0 Å². The van der Waals surface area contributed by atoms with Crippen LogP contribution in [-0.4, -0.2) is 22.3 Å². The van der Waals surface area contributed by atoms with Gasteiger partial charge in [0.25, 0.3) is 0 Å². The Morgan fingerprint density at radius 1 is 1.17 bits per heavy atom. The van der Waals surface area contributed by atoms with Crippen LogP contribution in [0.1, 0.15) is 99.8 Å². The van der Waals surface area contributed by atoms with E-state index in [2.05, 4.69) is 39.0 Å². The largest absolute Gasteiger partial charge is 0.481 e. The Morgan fingerprint density at radius 2 is 1.83 bits per heavy atom. The molecule has 0 aliphatic heterocycles. The monoisotopic (exact) mass is 408 g/mol. The zero-order valence-corrected chi connectivity index (χ0v) is 20.2. The van der Waals surface area contributed by atoms with E-state index in [0.29, 0.717) is 5.92 Å². The van der Waals surface area contributed by atoms with Crippen LogP contribution in [0.15, 0.2) is 23.8 Å². The quantitative estimate of drug-likeness (QED) is 0.444. The molecule has 2 rings (SSSR count). The maximum atomic E-state index is 10.1. The lowest BCUT2D eigenvalue weighted by molar-refractivity contribution is -0.141. The van der Waals surface area contributed by atoms with Crippen molar-refractivity contribution >= 4 is 5.97 Å². The van der Waals surface area contributed by atoms with E-state index < -0.39 is 5.97 Å². The topological polar surface area (TPSA) is 57.5 Å². The summed E-state index contributed by atoms with van der Waals surface area (Å²) in [5.41, 5.74) is 1.58. The van der Waals surface area contributed by atoms with Gasteiger partial charge in [-0.25, -0.2) is 0 Å². The second kappa shape index (κ2) is 15.7. The van der Waals surface area contributed by atoms with Gasteiger partial charge in [0.1, 0.15) is 0 Å². The van der Waals surface area contributed by atoms with Crippen molar-refractivity contribution in [1.82, 2.24) is 0 Å². The maximum Gasteiger partial charge on any atom is 0.306 e. The summed E-state index contributed by atoms with van der Waals surface area (Å²) >= 11 is 0. The Morgan fingerprint density at radius 3 is 2.34 bits per heavy atom. The first-order chi connectivity index (χ1) is 13.8. The second-order valence-electron chi connectivity index (χ2n) is 8.73. The number of carboxylic acid groups (broad SMARTS) is 1. The highest BCUT2D eigenvalue weighted by Gasteiger charge is 2.33. The van der Waals surface area contributed by atoms with Crippen molar-refractivity contribution in [2.24, 2.45) is 29.6 Å². The van der Waals surface area contributed by atoms with Gasteiger partial charge in [-0.2, -0.15) is 0 Å². The molecule has 6 atom stereocenters. The van der Waals surface area contributed by atoms with Gasteiger partial charge in [-0.05, 0) is 67.8 Å². The molecule has 0 spiro atoms. The zero-order chi connectivity index (χ0) is 22.4. The van der Waals surface area contributed by atoms with Gasteiger partial charge in [0.2, 0.25) is 0 Å².